The average Bonchev–Trinajstić information content (AvgIpc) is 2.33. The number of nitrogens with two attached hydrogens (primary N) is 1. The number of hydrogen-bond donors (Lipinski definition) is 4. The Morgan fingerprint density at radius 2 is 2.13 bits per heavy atom. The number of Topliss-reactive ketones (excluding diaryl/α,β-unsaturated/α-hetero) is 1. The van der Waals surface area contributed by atoms with E-state index in [4.69, 9.17) is 12.6 Å². The summed E-state index contributed by atoms with van der Waals surface area (Å²) >= 11 is 0. The Morgan fingerprint density at radius 3 is 2.67 bits per heavy atom. The molecule has 1 rings (SSSR count). The van der Waals surface area contributed by atoms with Crippen molar-refractivity contribution in [2.45, 2.75) is 19.0 Å². The van der Waals surface area contributed by atoms with Gasteiger partial charge in [0.25, 0.3) is 0 Å². The molecule has 5 heteroatoms. The van der Waals surface area contributed by atoms with Crippen LogP contribution in [-0.4, -0.2) is 27.1 Å². The van der Waals surface area contributed by atoms with Gasteiger partial charge in [-0.05, 0) is 24.6 Å². The van der Waals surface area contributed by atoms with E-state index in [2.05, 4.69) is 0 Å². The molecule has 5 N–H and O–H groups in total. The van der Waals surface area contributed by atoms with E-state index >= 15 is 0 Å². The molecule has 1 aromatic rings. The van der Waals surface area contributed by atoms with Crippen LogP contribution in [0.1, 0.15) is 25.4 Å². The number of ketones is 1. The second-order valence-electron chi connectivity index (χ2n) is 2.77. The Bertz CT molecular complexity index is 558. The molecular formula is C10H13NO4. The first kappa shape index (κ1) is 6.09. The Kier molecular flexibility index (Phi) is 1.74. The van der Waals surface area contributed by atoms with Crippen molar-refractivity contribution in [3.63, 3.8) is 0 Å². The summed E-state index contributed by atoms with van der Waals surface area (Å²) in [6.45, 7) is 0.835. The first-order chi connectivity index (χ1) is 8.87. The van der Waals surface area contributed by atoms with Gasteiger partial charge in [0.15, 0.2) is 11.5 Å². The van der Waals surface area contributed by atoms with Gasteiger partial charge in [-0.25, -0.2) is 0 Å². The SMILES string of the molecule is [2H]c1c([2H])c(C([2H])(O)C([2H])(N)C(C)=O)c([2H])c(O)c1O. The zero-order valence-corrected chi connectivity index (χ0v) is 7.83. The second kappa shape index (κ2) is 4.29. The lowest BCUT2D eigenvalue weighted by atomic mass is 10.00. The van der Waals surface area contributed by atoms with Crippen molar-refractivity contribution in [2.75, 3.05) is 0 Å². The van der Waals surface area contributed by atoms with E-state index in [1.807, 2.05) is 0 Å². The Morgan fingerprint density at radius 1 is 1.53 bits per heavy atom. The molecule has 0 amide bonds. The maximum atomic E-state index is 11.3. The number of aliphatic hydroxyl groups is 1. The van der Waals surface area contributed by atoms with E-state index in [1.165, 1.54) is 0 Å². The topological polar surface area (TPSA) is 104 Å². The number of benzene rings is 1. The first-order valence-electron chi connectivity index (χ1n) is 6.41. The molecule has 0 saturated carbocycles. The zero-order valence-electron chi connectivity index (χ0n) is 12.8. The molecule has 0 aliphatic heterocycles. The highest BCUT2D eigenvalue weighted by Crippen LogP contribution is 2.28. The predicted octanol–water partition coefficient (Wildman–Crippen LogP) is 0.0475. The van der Waals surface area contributed by atoms with Crippen LogP contribution in [-0.2, 0) is 4.79 Å². The Hall–Kier alpha value is -1.59. The molecule has 82 valence electrons. The summed E-state index contributed by atoms with van der Waals surface area (Å²) in [5.41, 5.74) is 4.24. The number of hydrogen-bond acceptors (Lipinski definition) is 5. The second-order valence-corrected chi connectivity index (χ2v) is 2.77. The fraction of sp³-hybridized carbons (Fsp3) is 0.300. The molecule has 0 radical (unpaired) electrons. The standard InChI is InChI=1S/C10H13NO4/c1-5(12)9(11)10(15)6-2-3-7(13)8(14)4-6/h2-4,9-10,13-15H,11H2,1H3/i2D,3D,4D,9D,10D. The molecule has 2 unspecified atom stereocenters. The summed E-state index contributed by atoms with van der Waals surface area (Å²) in [7, 11) is 0. The van der Waals surface area contributed by atoms with Crippen LogP contribution < -0.4 is 5.73 Å². The van der Waals surface area contributed by atoms with Gasteiger partial charge in [-0.3, -0.25) is 4.79 Å². The maximum Gasteiger partial charge on any atom is 0.157 e. The molecule has 2 atom stereocenters. The summed E-state index contributed by atoms with van der Waals surface area (Å²) in [6.07, 6.45) is -3.26. The summed E-state index contributed by atoms with van der Waals surface area (Å²) in [4.78, 5) is 11.3. The lowest BCUT2D eigenvalue weighted by Crippen LogP contribution is -2.35. The van der Waals surface area contributed by atoms with Gasteiger partial charge in [-0.1, -0.05) is 6.04 Å². The van der Waals surface area contributed by atoms with E-state index in [9.17, 15) is 20.1 Å². The molecule has 0 aromatic heterocycles. The highest BCUT2D eigenvalue weighted by molar-refractivity contribution is 5.82. The minimum Gasteiger partial charge on any atom is -0.504 e. The van der Waals surface area contributed by atoms with Crippen LogP contribution in [0.5, 0.6) is 11.5 Å². The molecule has 0 bridgehead atoms. The van der Waals surface area contributed by atoms with E-state index in [0.29, 0.717) is 0 Å². The zero-order chi connectivity index (χ0) is 16.0. The van der Waals surface area contributed by atoms with Crippen LogP contribution in [0.3, 0.4) is 0 Å². The molecule has 0 spiro atoms. The van der Waals surface area contributed by atoms with Crippen LogP contribution in [0.25, 0.3) is 0 Å². The van der Waals surface area contributed by atoms with Gasteiger partial charge >= 0.3 is 0 Å². The lowest BCUT2D eigenvalue weighted by Gasteiger charge is -2.16. The molecule has 0 heterocycles. The first-order valence-corrected chi connectivity index (χ1v) is 3.91. The quantitative estimate of drug-likeness (QED) is 0.534. The third-order valence-corrected chi connectivity index (χ3v) is 1.64. The van der Waals surface area contributed by atoms with Crippen LogP contribution in [0, 0.1) is 0 Å². The molecule has 0 fully saturated rings. The van der Waals surface area contributed by atoms with Crippen molar-refractivity contribution in [2.24, 2.45) is 5.73 Å². The average molecular weight is 216 g/mol. The molecule has 0 aliphatic carbocycles. The van der Waals surface area contributed by atoms with Crippen LogP contribution >= 0.6 is 0 Å². The molecule has 15 heavy (non-hydrogen) atoms. The summed E-state index contributed by atoms with van der Waals surface area (Å²) in [6, 6.07) is -5.91. The van der Waals surface area contributed by atoms with Crippen molar-refractivity contribution in [1.29, 1.82) is 0 Å². The fourth-order valence-electron chi connectivity index (χ4n) is 0.810. The van der Waals surface area contributed by atoms with Gasteiger partial charge in [-0.2, -0.15) is 0 Å². The highest BCUT2D eigenvalue weighted by atomic mass is 16.3. The maximum absolute atomic E-state index is 11.3. The van der Waals surface area contributed by atoms with Crippen LogP contribution in [0.2, 0.25) is 0 Å². The van der Waals surface area contributed by atoms with Crippen LogP contribution in [0.15, 0.2) is 18.1 Å². The van der Waals surface area contributed by atoms with Gasteiger partial charge in [-0.15, -0.1) is 0 Å². The smallest absolute Gasteiger partial charge is 0.157 e. The van der Waals surface area contributed by atoms with E-state index in [1.54, 1.807) is 0 Å². The summed E-state index contributed by atoms with van der Waals surface area (Å²) in [5, 5.41) is 28.7. The van der Waals surface area contributed by atoms with Gasteiger partial charge < -0.3 is 21.1 Å². The minimum absolute atomic E-state index is 0.835. The number of carbonyl (C=O) groups excluding carboxylic acids is 1. The molecule has 0 saturated heterocycles. The number of phenols is 2. The number of aromatic hydroxyl groups is 2. The van der Waals surface area contributed by atoms with E-state index in [0.717, 1.165) is 6.92 Å². The molecule has 0 aliphatic rings. The van der Waals surface area contributed by atoms with Gasteiger partial charge in [0, 0.05) is 0 Å². The largest absolute Gasteiger partial charge is 0.504 e. The molecular weight excluding hydrogens is 198 g/mol. The summed E-state index contributed by atoms with van der Waals surface area (Å²) < 4.78 is 37.6. The minimum atomic E-state index is -3.26. The third kappa shape index (κ3) is 2.45. The molecule has 5 nitrogen and oxygen atoms in total. The van der Waals surface area contributed by atoms with Crippen LogP contribution in [0.4, 0.5) is 0 Å². The van der Waals surface area contributed by atoms with E-state index < -0.39 is 53.1 Å². The van der Waals surface area contributed by atoms with E-state index in [-0.39, 0.29) is 0 Å². The van der Waals surface area contributed by atoms with Crippen molar-refractivity contribution in [3.05, 3.63) is 23.7 Å². The Balaban J connectivity index is 3.76. The van der Waals surface area contributed by atoms with Crippen molar-refractivity contribution in [3.8, 4) is 11.5 Å². The number of rotatable bonds is 3. The van der Waals surface area contributed by atoms with Gasteiger partial charge in [0.1, 0.15) is 11.9 Å². The summed E-state index contributed by atoms with van der Waals surface area (Å²) in [5.74, 6) is -3.34. The third-order valence-electron chi connectivity index (χ3n) is 1.64. The normalized spacial score (nSPS) is 23.5. The van der Waals surface area contributed by atoms with Gasteiger partial charge in [0.05, 0.1) is 12.9 Å². The van der Waals surface area contributed by atoms with Crippen molar-refractivity contribution >= 4 is 5.78 Å². The number of carbonyl (C=O) groups is 1. The Labute approximate surface area is 93.8 Å². The molecule has 1 aromatic carbocycles. The lowest BCUT2D eigenvalue weighted by molar-refractivity contribution is -0.120. The predicted molar refractivity (Wildman–Crippen MR) is 53.4 cm³/mol. The van der Waals surface area contributed by atoms with Gasteiger partial charge in [0.2, 0.25) is 0 Å². The monoisotopic (exact) mass is 216 g/mol. The fourth-order valence-corrected chi connectivity index (χ4v) is 0.810. The van der Waals surface area contributed by atoms with Crippen molar-refractivity contribution in [1.82, 2.24) is 0 Å². The highest BCUT2D eigenvalue weighted by Gasteiger charge is 2.21. The van der Waals surface area contributed by atoms with Crippen molar-refractivity contribution < 1.29 is 27.0 Å². The number of phenolic OH excluding ortho intramolecular Hbond substituents is 2.